The average molecular weight is 317 g/mol. The van der Waals surface area contributed by atoms with Gasteiger partial charge < -0.3 is 4.74 Å². The van der Waals surface area contributed by atoms with E-state index in [0.717, 1.165) is 27.6 Å². The maximum atomic E-state index is 11.6. The number of nitrogens with zero attached hydrogens (tertiary/aromatic N) is 3. The largest absolute Gasteiger partial charge is 0.469 e. The summed E-state index contributed by atoms with van der Waals surface area (Å²) >= 11 is 0. The molecule has 2 aromatic carbocycles. The topological polar surface area (TPSA) is 57.0 Å². The van der Waals surface area contributed by atoms with E-state index < -0.39 is 0 Å². The molecule has 2 heterocycles. The van der Waals surface area contributed by atoms with Crippen LogP contribution in [0.2, 0.25) is 0 Å². The summed E-state index contributed by atoms with van der Waals surface area (Å²) in [4.78, 5) is 20.7. The van der Waals surface area contributed by atoms with Crippen molar-refractivity contribution in [1.29, 1.82) is 0 Å². The van der Waals surface area contributed by atoms with E-state index >= 15 is 0 Å². The smallest absolute Gasteiger partial charge is 0.311 e. The maximum Gasteiger partial charge on any atom is 0.311 e. The average Bonchev–Trinajstić information content (AvgIpc) is 3.05. The number of hydrogen-bond acceptors (Lipinski definition) is 4. The van der Waals surface area contributed by atoms with Crippen LogP contribution in [-0.2, 0) is 16.0 Å². The van der Waals surface area contributed by atoms with Crippen LogP contribution in [0.1, 0.15) is 5.69 Å². The molecule has 0 amide bonds. The number of esters is 1. The highest BCUT2D eigenvalue weighted by atomic mass is 16.5. The number of benzene rings is 2. The van der Waals surface area contributed by atoms with Crippen molar-refractivity contribution in [2.75, 3.05) is 7.11 Å². The van der Waals surface area contributed by atoms with Crippen molar-refractivity contribution in [1.82, 2.24) is 14.5 Å². The molecule has 0 saturated carbocycles. The Kier molecular flexibility index (Phi) is 3.46. The summed E-state index contributed by atoms with van der Waals surface area (Å²) in [5.41, 5.74) is 4.40. The molecule has 0 N–H and O–H groups in total. The van der Waals surface area contributed by atoms with E-state index in [0.29, 0.717) is 5.69 Å². The zero-order chi connectivity index (χ0) is 16.5. The molecule has 0 unspecified atom stereocenters. The molecule has 0 atom stereocenters. The predicted molar refractivity (Wildman–Crippen MR) is 92.1 cm³/mol. The molecule has 0 radical (unpaired) electrons. The number of hydrogen-bond donors (Lipinski definition) is 0. The molecule has 0 fully saturated rings. The lowest BCUT2D eigenvalue weighted by Crippen LogP contribution is -2.07. The van der Waals surface area contributed by atoms with E-state index in [1.54, 1.807) is 6.33 Å². The van der Waals surface area contributed by atoms with E-state index in [1.165, 1.54) is 7.11 Å². The lowest BCUT2D eigenvalue weighted by Gasteiger charge is -2.11. The second kappa shape index (κ2) is 5.77. The zero-order valence-electron chi connectivity index (χ0n) is 13.1. The van der Waals surface area contributed by atoms with E-state index in [1.807, 2.05) is 59.2 Å². The molecule has 118 valence electrons. The number of pyridine rings is 1. The Labute approximate surface area is 138 Å². The van der Waals surface area contributed by atoms with Gasteiger partial charge in [0.15, 0.2) is 0 Å². The fourth-order valence-electron chi connectivity index (χ4n) is 2.87. The molecule has 0 aliphatic heterocycles. The van der Waals surface area contributed by atoms with Gasteiger partial charge in [0.25, 0.3) is 0 Å². The Balaban J connectivity index is 1.97. The molecular formula is C19H15N3O2. The standard InChI is InChI=1S/C19H15N3O2/c1-24-19(23)11-13-10-18(14-6-2-3-7-15(14)21-13)22-12-20-16-8-4-5-9-17(16)22/h2-10,12H,11H2,1H3. The molecule has 0 aliphatic rings. The second-order valence-electron chi connectivity index (χ2n) is 5.51. The maximum absolute atomic E-state index is 11.6. The van der Waals surface area contributed by atoms with Gasteiger partial charge in [-0.05, 0) is 24.3 Å². The molecule has 2 aromatic heterocycles. The molecule has 5 nitrogen and oxygen atoms in total. The van der Waals surface area contributed by atoms with Crippen molar-refractivity contribution in [3.63, 3.8) is 0 Å². The lowest BCUT2D eigenvalue weighted by molar-refractivity contribution is -0.139. The third kappa shape index (κ3) is 2.40. The number of para-hydroxylation sites is 3. The number of carbonyl (C=O) groups excluding carboxylic acids is 1. The van der Waals surface area contributed by atoms with Crippen LogP contribution in [0.3, 0.4) is 0 Å². The highest BCUT2D eigenvalue weighted by Gasteiger charge is 2.12. The Morgan fingerprint density at radius 3 is 2.67 bits per heavy atom. The van der Waals surface area contributed by atoms with Gasteiger partial charge in [0.1, 0.15) is 6.33 Å². The lowest BCUT2D eigenvalue weighted by atomic mass is 10.1. The number of imidazole rings is 1. The van der Waals surface area contributed by atoms with Gasteiger partial charge in [-0.3, -0.25) is 14.3 Å². The van der Waals surface area contributed by atoms with Gasteiger partial charge in [-0.15, -0.1) is 0 Å². The van der Waals surface area contributed by atoms with Crippen LogP contribution in [0.25, 0.3) is 27.6 Å². The van der Waals surface area contributed by atoms with Crippen LogP contribution in [0.15, 0.2) is 60.9 Å². The summed E-state index contributed by atoms with van der Waals surface area (Å²) in [6.07, 6.45) is 1.94. The van der Waals surface area contributed by atoms with Gasteiger partial charge in [-0.1, -0.05) is 30.3 Å². The van der Waals surface area contributed by atoms with Crippen molar-refractivity contribution in [2.24, 2.45) is 0 Å². The number of rotatable bonds is 3. The van der Waals surface area contributed by atoms with E-state index in [2.05, 4.69) is 9.97 Å². The van der Waals surface area contributed by atoms with Gasteiger partial charge in [0.05, 0.1) is 41.5 Å². The Hall–Kier alpha value is -3.21. The first-order valence-electron chi connectivity index (χ1n) is 7.64. The Morgan fingerprint density at radius 1 is 1.08 bits per heavy atom. The summed E-state index contributed by atoms with van der Waals surface area (Å²) in [5.74, 6) is -0.306. The van der Waals surface area contributed by atoms with E-state index in [-0.39, 0.29) is 12.4 Å². The third-order valence-electron chi connectivity index (χ3n) is 4.01. The number of aromatic nitrogens is 3. The van der Waals surface area contributed by atoms with Crippen molar-refractivity contribution < 1.29 is 9.53 Å². The third-order valence-corrected chi connectivity index (χ3v) is 4.01. The van der Waals surface area contributed by atoms with Crippen molar-refractivity contribution in [3.8, 4) is 5.69 Å². The Morgan fingerprint density at radius 2 is 1.83 bits per heavy atom. The summed E-state index contributed by atoms with van der Waals surface area (Å²) in [7, 11) is 1.38. The van der Waals surface area contributed by atoms with Crippen molar-refractivity contribution in [3.05, 3.63) is 66.6 Å². The second-order valence-corrected chi connectivity index (χ2v) is 5.51. The zero-order valence-corrected chi connectivity index (χ0v) is 13.1. The molecular weight excluding hydrogens is 302 g/mol. The van der Waals surface area contributed by atoms with Crippen molar-refractivity contribution in [2.45, 2.75) is 6.42 Å². The predicted octanol–water partition coefficient (Wildman–Crippen LogP) is 3.29. The first kappa shape index (κ1) is 14.4. The first-order chi connectivity index (χ1) is 11.8. The van der Waals surface area contributed by atoms with Crippen LogP contribution in [0.5, 0.6) is 0 Å². The van der Waals surface area contributed by atoms with Gasteiger partial charge in [-0.2, -0.15) is 0 Å². The number of methoxy groups -OCH3 is 1. The van der Waals surface area contributed by atoms with Crippen molar-refractivity contribution >= 4 is 27.9 Å². The van der Waals surface area contributed by atoms with Crippen LogP contribution in [-0.4, -0.2) is 27.6 Å². The van der Waals surface area contributed by atoms with Gasteiger partial charge in [-0.25, -0.2) is 4.98 Å². The van der Waals surface area contributed by atoms with Crippen LogP contribution >= 0.6 is 0 Å². The van der Waals surface area contributed by atoms with E-state index in [9.17, 15) is 4.79 Å². The molecule has 0 spiro atoms. The minimum Gasteiger partial charge on any atom is -0.469 e. The molecule has 4 rings (SSSR count). The van der Waals surface area contributed by atoms with Gasteiger partial charge >= 0.3 is 5.97 Å². The van der Waals surface area contributed by atoms with Gasteiger partial charge in [0.2, 0.25) is 0 Å². The summed E-state index contributed by atoms with van der Waals surface area (Å²) in [6.45, 7) is 0. The van der Waals surface area contributed by atoms with Crippen LogP contribution in [0, 0.1) is 0 Å². The molecule has 5 heteroatoms. The summed E-state index contributed by atoms with van der Waals surface area (Å²) < 4.78 is 6.80. The normalized spacial score (nSPS) is 11.0. The summed E-state index contributed by atoms with van der Waals surface area (Å²) in [6, 6.07) is 17.8. The highest BCUT2D eigenvalue weighted by molar-refractivity contribution is 5.90. The fraction of sp³-hybridized carbons (Fsp3) is 0.105. The molecule has 24 heavy (non-hydrogen) atoms. The molecule has 0 aliphatic carbocycles. The quantitative estimate of drug-likeness (QED) is 0.544. The highest BCUT2D eigenvalue weighted by Crippen LogP contribution is 2.26. The van der Waals surface area contributed by atoms with Crippen LogP contribution < -0.4 is 0 Å². The fourth-order valence-corrected chi connectivity index (χ4v) is 2.87. The van der Waals surface area contributed by atoms with Gasteiger partial charge in [0, 0.05) is 5.39 Å². The van der Waals surface area contributed by atoms with E-state index in [4.69, 9.17) is 4.74 Å². The monoisotopic (exact) mass is 317 g/mol. The Bertz CT molecular complexity index is 1050. The number of fused-ring (bicyclic) bond motifs is 2. The molecule has 0 bridgehead atoms. The SMILES string of the molecule is COC(=O)Cc1cc(-n2cnc3ccccc32)c2ccccc2n1. The number of carbonyl (C=O) groups is 1. The molecule has 0 saturated heterocycles. The van der Waals surface area contributed by atoms with Crippen LogP contribution in [0.4, 0.5) is 0 Å². The first-order valence-corrected chi connectivity index (χ1v) is 7.64. The molecule has 4 aromatic rings. The minimum absolute atomic E-state index is 0.140. The minimum atomic E-state index is -0.306. The summed E-state index contributed by atoms with van der Waals surface area (Å²) in [5, 5.41) is 1.01. The number of ether oxygens (including phenoxy) is 1.